The lowest BCUT2D eigenvalue weighted by molar-refractivity contribution is 0.109. The highest BCUT2D eigenvalue weighted by atomic mass is 32.2. The van der Waals surface area contributed by atoms with Crippen molar-refractivity contribution in [2.24, 2.45) is 0 Å². The molecule has 8 nitrogen and oxygen atoms in total. The molecule has 0 saturated carbocycles. The molecule has 1 atom stereocenters. The topological polar surface area (TPSA) is 89.9 Å². The highest BCUT2D eigenvalue weighted by Gasteiger charge is 2.26. The average Bonchev–Trinajstić information content (AvgIpc) is 2.72. The lowest BCUT2D eigenvalue weighted by Gasteiger charge is -2.36. The predicted octanol–water partition coefficient (Wildman–Crippen LogP) is 1.66. The van der Waals surface area contributed by atoms with Gasteiger partial charge in [0.2, 0.25) is 16.0 Å². The summed E-state index contributed by atoms with van der Waals surface area (Å²) in [4.78, 5) is 13.6. The van der Waals surface area contributed by atoms with Crippen molar-refractivity contribution in [3.8, 4) is 0 Å². The molecule has 3 heterocycles. The molecular formula is C22H31N5O3S. The van der Waals surface area contributed by atoms with Crippen LogP contribution in [-0.4, -0.2) is 73.9 Å². The zero-order chi connectivity index (χ0) is 22.2. The number of aromatic nitrogens is 2. The number of aliphatic hydroxyl groups excluding tert-OH is 1. The minimum atomic E-state index is -3.28. The van der Waals surface area contributed by atoms with E-state index < -0.39 is 16.1 Å². The van der Waals surface area contributed by atoms with Crippen LogP contribution in [0.4, 0.5) is 11.6 Å². The Balaban J connectivity index is 1.39. The third-order valence-corrected chi connectivity index (χ3v) is 7.20. The molecule has 0 spiro atoms. The van der Waals surface area contributed by atoms with E-state index in [1.54, 1.807) is 0 Å². The molecule has 0 aliphatic carbocycles. The van der Waals surface area contributed by atoms with Gasteiger partial charge in [-0.2, -0.15) is 0 Å². The number of anilines is 2. The number of hydrogen-bond acceptors (Lipinski definition) is 7. The predicted molar refractivity (Wildman–Crippen MR) is 122 cm³/mol. The molecule has 1 N–H and O–H groups in total. The quantitative estimate of drug-likeness (QED) is 0.749. The number of rotatable bonds is 5. The van der Waals surface area contributed by atoms with Crippen molar-refractivity contribution in [2.75, 3.05) is 54.7 Å². The molecule has 2 aliphatic rings. The Bertz CT molecular complexity index is 1030. The lowest BCUT2D eigenvalue weighted by Crippen LogP contribution is -2.48. The fourth-order valence-electron chi connectivity index (χ4n) is 4.46. The molecule has 2 aliphatic heterocycles. The summed E-state index contributed by atoms with van der Waals surface area (Å²) in [6, 6.07) is 7.64. The molecule has 9 heteroatoms. The summed E-state index contributed by atoms with van der Waals surface area (Å²) < 4.78 is 25.6. The fourth-order valence-corrected chi connectivity index (χ4v) is 5.46. The largest absolute Gasteiger partial charge is 0.387 e. The maximum Gasteiger partial charge on any atom is 0.232 e. The number of aliphatic hydroxyl groups is 1. The van der Waals surface area contributed by atoms with Gasteiger partial charge < -0.3 is 10.0 Å². The Labute approximate surface area is 184 Å². The van der Waals surface area contributed by atoms with Crippen LogP contribution in [0, 0.1) is 13.8 Å². The van der Waals surface area contributed by atoms with Crippen LogP contribution in [0.1, 0.15) is 35.0 Å². The smallest absolute Gasteiger partial charge is 0.232 e. The highest BCUT2D eigenvalue weighted by Crippen LogP contribution is 2.31. The van der Waals surface area contributed by atoms with E-state index in [4.69, 9.17) is 0 Å². The highest BCUT2D eigenvalue weighted by molar-refractivity contribution is 7.92. The fraction of sp³-hybridized carbons (Fsp3) is 0.545. The third-order valence-electron chi connectivity index (χ3n) is 6.02. The normalized spacial score (nSPS) is 18.7. The van der Waals surface area contributed by atoms with E-state index in [0.717, 1.165) is 73.2 Å². The van der Waals surface area contributed by atoms with Crippen molar-refractivity contribution in [3.63, 3.8) is 0 Å². The van der Waals surface area contributed by atoms with Crippen LogP contribution in [0.25, 0.3) is 0 Å². The first-order chi connectivity index (χ1) is 14.7. The van der Waals surface area contributed by atoms with Gasteiger partial charge in [-0.1, -0.05) is 12.1 Å². The average molecular weight is 446 g/mol. The number of benzene rings is 1. The van der Waals surface area contributed by atoms with Gasteiger partial charge in [0.25, 0.3) is 0 Å². The van der Waals surface area contributed by atoms with Crippen molar-refractivity contribution in [1.29, 1.82) is 0 Å². The SMILES string of the molecule is Cc1cc(C)nc(N2CCN(CC(O)c3ccc4c(c3)CCCN4S(C)(=O)=O)CC2)n1. The molecule has 1 unspecified atom stereocenters. The molecule has 0 bridgehead atoms. The molecule has 4 rings (SSSR count). The Kier molecular flexibility index (Phi) is 6.18. The first-order valence-corrected chi connectivity index (χ1v) is 12.6. The van der Waals surface area contributed by atoms with Crippen molar-refractivity contribution in [3.05, 3.63) is 46.8 Å². The monoisotopic (exact) mass is 445 g/mol. The summed E-state index contributed by atoms with van der Waals surface area (Å²) >= 11 is 0. The van der Waals surface area contributed by atoms with Gasteiger partial charge in [0.15, 0.2) is 0 Å². The molecular weight excluding hydrogens is 414 g/mol. The summed E-state index contributed by atoms with van der Waals surface area (Å²) in [5.41, 5.74) is 4.52. The molecule has 31 heavy (non-hydrogen) atoms. The molecule has 2 aromatic rings. The summed E-state index contributed by atoms with van der Waals surface area (Å²) in [5.74, 6) is 0.780. The number of nitrogens with zero attached hydrogens (tertiary/aromatic N) is 5. The van der Waals surface area contributed by atoms with Gasteiger partial charge >= 0.3 is 0 Å². The van der Waals surface area contributed by atoms with E-state index in [0.29, 0.717) is 13.1 Å². The summed E-state index contributed by atoms with van der Waals surface area (Å²) in [6.07, 6.45) is 2.26. The summed E-state index contributed by atoms with van der Waals surface area (Å²) in [7, 11) is -3.28. The zero-order valence-corrected chi connectivity index (χ0v) is 19.3. The molecule has 1 fully saturated rings. The molecule has 168 valence electrons. The molecule has 1 aromatic heterocycles. The minimum Gasteiger partial charge on any atom is -0.387 e. The molecule has 1 saturated heterocycles. The molecule has 0 amide bonds. The van der Waals surface area contributed by atoms with E-state index >= 15 is 0 Å². The van der Waals surface area contributed by atoms with E-state index in [1.165, 1.54) is 10.6 Å². The van der Waals surface area contributed by atoms with Crippen LogP contribution in [0.3, 0.4) is 0 Å². The summed E-state index contributed by atoms with van der Waals surface area (Å²) in [5, 5.41) is 10.8. The lowest BCUT2D eigenvalue weighted by atomic mass is 9.98. The van der Waals surface area contributed by atoms with Crippen LogP contribution in [0.5, 0.6) is 0 Å². The molecule has 1 aromatic carbocycles. The van der Waals surface area contributed by atoms with Crippen LogP contribution in [0.15, 0.2) is 24.3 Å². The van der Waals surface area contributed by atoms with Gasteiger partial charge in [0.1, 0.15) is 0 Å². The second kappa shape index (κ2) is 8.72. The first kappa shape index (κ1) is 22.0. The number of hydrogen-bond donors (Lipinski definition) is 1. The zero-order valence-electron chi connectivity index (χ0n) is 18.5. The molecule has 0 radical (unpaired) electrons. The van der Waals surface area contributed by atoms with Crippen molar-refractivity contribution >= 4 is 21.7 Å². The second-order valence-corrected chi connectivity index (χ2v) is 10.5. The Hall–Kier alpha value is -2.23. The van der Waals surface area contributed by atoms with Crippen LogP contribution < -0.4 is 9.21 Å². The van der Waals surface area contributed by atoms with Gasteiger partial charge in [-0.15, -0.1) is 0 Å². The van der Waals surface area contributed by atoms with Gasteiger partial charge in [0, 0.05) is 50.7 Å². The number of β-amino-alcohol motifs (C(OH)–C–C–N with tert-alkyl or cyclic N) is 1. The van der Waals surface area contributed by atoms with Crippen LogP contribution in [-0.2, 0) is 16.4 Å². The van der Waals surface area contributed by atoms with Crippen molar-refractivity contribution in [2.45, 2.75) is 32.8 Å². The second-order valence-electron chi connectivity index (χ2n) is 8.58. The van der Waals surface area contributed by atoms with E-state index in [2.05, 4.69) is 19.8 Å². The van der Waals surface area contributed by atoms with Gasteiger partial charge in [-0.3, -0.25) is 9.21 Å². The van der Waals surface area contributed by atoms with E-state index in [1.807, 2.05) is 38.1 Å². The van der Waals surface area contributed by atoms with Gasteiger partial charge in [0.05, 0.1) is 18.0 Å². The van der Waals surface area contributed by atoms with Crippen molar-refractivity contribution < 1.29 is 13.5 Å². The van der Waals surface area contributed by atoms with E-state index in [9.17, 15) is 13.5 Å². The minimum absolute atomic E-state index is 0.516. The maximum atomic E-state index is 12.1. The van der Waals surface area contributed by atoms with E-state index in [-0.39, 0.29) is 0 Å². The number of aryl methyl sites for hydroxylation is 3. The third kappa shape index (κ3) is 4.99. The number of fused-ring (bicyclic) bond motifs is 1. The van der Waals surface area contributed by atoms with Gasteiger partial charge in [-0.25, -0.2) is 18.4 Å². The number of sulfonamides is 1. The van der Waals surface area contributed by atoms with Crippen LogP contribution >= 0.6 is 0 Å². The summed E-state index contributed by atoms with van der Waals surface area (Å²) in [6.45, 7) is 8.35. The van der Waals surface area contributed by atoms with Crippen LogP contribution in [0.2, 0.25) is 0 Å². The Morgan fingerprint density at radius 3 is 2.35 bits per heavy atom. The first-order valence-electron chi connectivity index (χ1n) is 10.8. The standard InChI is InChI=1S/C22H31N5O3S/c1-16-13-17(2)24-22(23-16)26-11-9-25(10-12-26)15-21(28)19-6-7-20-18(14-19)5-4-8-27(20)31(3,29)30/h6-7,13-14,21,28H,4-5,8-12,15H2,1-3H3. The maximum absolute atomic E-state index is 12.1. The van der Waals surface area contributed by atoms with Gasteiger partial charge in [-0.05, 0) is 49.9 Å². The Morgan fingerprint density at radius 2 is 1.71 bits per heavy atom. The Morgan fingerprint density at radius 1 is 1.03 bits per heavy atom. The van der Waals surface area contributed by atoms with Crippen molar-refractivity contribution in [1.82, 2.24) is 14.9 Å². The number of piperazine rings is 1.